The van der Waals surface area contributed by atoms with Crippen molar-refractivity contribution in [2.24, 2.45) is 0 Å². The van der Waals surface area contributed by atoms with Gasteiger partial charge in [-0.2, -0.15) is 27.4 Å². The minimum atomic E-state index is -4.76. The number of rotatable bonds is 40. The molecule has 0 aliphatic heterocycles. The van der Waals surface area contributed by atoms with Crippen LogP contribution in [0.1, 0.15) is 109 Å². The second-order valence-corrected chi connectivity index (χ2v) is 30.8. The van der Waals surface area contributed by atoms with Gasteiger partial charge in [0.05, 0.1) is 31.2 Å². The van der Waals surface area contributed by atoms with Crippen LogP contribution in [0.2, 0.25) is 0 Å². The number of halogens is 7. The third kappa shape index (κ3) is 39.2. The summed E-state index contributed by atoms with van der Waals surface area (Å²) in [5.41, 5.74) is 8.95. The van der Waals surface area contributed by atoms with Crippen molar-refractivity contribution in [2.75, 3.05) is 14.2 Å². The van der Waals surface area contributed by atoms with E-state index in [9.17, 15) is 69.1 Å². The van der Waals surface area contributed by atoms with E-state index in [1.807, 2.05) is 146 Å². The maximum absolute atomic E-state index is 12.6. The number of pyridine rings is 5. The summed E-state index contributed by atoms with van der Waals surface area (Å²) >= 11 is 2.26. The van der Waals surface area contributed by atoms with Gasteiger partial charge >= 0.3 is 12.5 Å². The first-order valence-electron chi connectivity index (χ1n) is 43.4. The summed E-state index contributed by atoms with van der Waals surface area (Å²) in [6, 6.07) is 66.8. The summed E-state index contributed by atoms with van der Waals surface area (Å²) < 4.78 is 143. The van der Waals surface area contributed by atoms with Gasteiger partial charge in [0.2, 0.25) is 11.8 Å². The van der Waals surface area contributed by atoms with E-state index in [1.165, 1.54) is 37.7 Å². The van der Waals surface area contributed by atoms with Gasteiger partial charge in [-0.15, -0.1) is 22.5 Å². The summed E-state index contributed by atoms with van der Waals surface area (Å²) in [6.45, 7) is 1.95. The van der Waals surface area contributed by atoms with Crippen LogP contribution in [0.3, 0.4) is 0 Å². The maximum Gasteiger partial charge on any atom is 0.574 e. The number of furan rings is 8. The molecule has 16 aromatic rings. The minimum Gasteiger partial charge on any atom is -0.508 e. The molecular weight excluding hydrogens is 1880 g/mol. The van der Waals surface area contributed by atoms with Crippen molar-refractivity contribution in [3.63, 3.8) is 0 Å². The molecule has 2 N–H and O–H groups in total. The molecule has 16 rings (SSSR count). The number of phenols is 1. The van der Waals surface area contributed by atoms with Gasteiger partial charge in [-0.05, 0) is 207 Å². The number of carbonyl (C=O) groups excluding carboxylic acids is 8. The number of benzene rings is 3. The van der Waals surface area contributed by atoms with E-state index in [-0.39, 0.29) is 5.75 Å². The lowest BCUT2D eigenvalue weighted by Gasteiger charge is -2.07. The Kier molecular flexibility index (Phi) is 46.3. The highest BCUT2D eigenvalue weighted by Crippen LogP contribution is 2.35. The molecule has 0 radical (unpaired) electrons. The summed E-state index contributed by atoms with van der Waals surface area (Å²) in [5, 5.41) is 9.16. The Morgan fingerprint density at radius 1 is 0.340 bits per heavy atom. The summed E-state index contributed by atoms with van der Waals surface area (Å²) in [6.07, 6.45) is 15.0. The van der Waals surface area contributed by atoms with Crippen molar-refractivity contribution >= 4 is 74.4 Å². The standard InChI is InChI=1S/C14H15NO4S.C14H14O4S.C13H10F3NO3.C13H10F3NO2.C13H13NO2.C13H12O3.C12H10FNO2.C12H11NO2/c1-15-18-19-20-13-7-4-11(5-8-13)14-9-6-12(17-14)3-2-10-16;1-16-18-19-13-7-4-11(5-8-13)14-9-6-12(17-14)3-2-10-15;14-13(15,16)20-12-6-3-9(8-17-12)11-5-4-10(19-11)2-1-7-18;14-13(15,16)12-6-3-9(8-17-12)11-5-4-10(19-11)2-1-7-18;1-10-4-5-11(9-14-10)13-7-6-12(16-13)3-2-8-15;14-9-1-2-12-7-8-13(16-12)10-3-5-11(15)6-4-10;13-12-6-3-9(8-14-12)11-5-4-10(16-11)2-1-7-15;14-8-2-4-11-5-6-12(15-11)10-3-1-7-13-9-10/h4-10,15H,2-3H2,1H3;4-10H,2-3H2,1H3;3-8H,1-2H2;3-8H,1-2H2;4-9H,2-3H2,1H3;3-9,15H,1-2H2;3-8H,1-2H2;1,3,5-9H,2,4H2. The van der Waals surface area contributed by atoms with Crippen molar-refractivity contribution in [3.8, 4) is 102 Å². The molecule has 0 spiro atoms. The normalized spacial score (nSPS) is 10.7. The summed E-state index contributed by atoms with van der Waals surface area (Å²) in [5.74, 6) is 10.7. The number of aryl methyl sites for hydroxylation is 9. The largest absolute Gasteiger partial charge is 0.574 e. The van der Waals surface area contributed by atoms with Crippen molar-refractivity contribution in [1.82, 2.24) is 30.4 Å². The SMILES string of the molecule is CNOOSc1ccc(-c2ccc(CCC=O)o2)cc1.COOSc1ccc(-c2ccc(CCC=O)o2)cc1.Cc1ccc(-c2ccc(CCC=O)o2)cn1.O=CCCc1ccc(-c2ccc(C(F)(F)F)nc2)o1.O=CCCc1ccc(-c2ccc(F)nc2)o1.O=CCCc1ccc(-c2ccc(O)cc2)o1.O=CCCc1ccc(-c2ccc(OC(F)(F)F)nc2)o1.O=CCCc1ccc(-c2cccnc2)o1. The smallest absolute Gasteiger partial charge is 0.508 e. The van der Waals surface area contributed by atoms with Crippen molar-refractivity contribution < 1.29 is 133 Å². The van der Waals surface area contributed by atoms with Gasteiger partial charge in [0, 0.05) is 213 Å². The molecule has 0 amide bonds. The van der Waals surface area contributed by atoms with Gasteiger partial charge in [-0.25, -0.2) is 14.9 Å². The predicted molar refractivity (Wildman–Crippen MR) is 506 cm³/mol. The Hall–Kier alpha value is -15.4. The molecule has 0 saturated heterocycles. The van der Waals surface area contributed by atoms with E-state index in [0.717, 1.165) is 205 Å². The maximum atomic E-state index is 12.6. The number of aldehydes is 8. The second kappa shape index (κ2) is 59.7. The number of alkyl halides is 6. The van der Waals surface area contributed by atoms with Crippen molar-refractivity contribution in [2.45, 2.75) is 132 Å². The molecule has 37 heteroatoms. The van der Waals surface area contributed by atoms with Crippen LogP contribution in [-0.4, -0.2) is 101 Å². The average Bonchev–Trinajstić information content (AvgIpc) is 1.78. The number of hydrogen-bond acceptors (Lipinski definition) is 30. The van der Waals surface area contributed by atoms with E-state index >= 15 is 0 Å². The van der Waals surface area contributed by atoms with Gasteiger partial charge < -0.3 is 83.5 Å². The van der Waals surface area contributed by atoms with Crippen molar-refractivity contribution in [1.29, 1.82) is 0 Å². The molecule has 0 bridgehead atoms. The number of phenolic OH excluding ortho intramolecular Hbond substituents is 1. The second-order valence-electron chi connectivity index (χ2n) is 29.3. The van der Waals surface area contributed by atoms with Gasteiger partial charge in [0.15, 0.2) is 0 Å². The lowest BCUT2D eigenvalue weighted by atomic mass is 10.2. The number of ether oxygens (including phenoxy) is 1. The zero-order chi connectivity index (χ0) is 101. The Morgan fingerprint density at radius 3 is 0.908 bits per heavy atom. The highest BCUT2D eigenvalue weighted by Gasteiger charge is 2.33. The van der Waals surface area contributed by atoms with Crippen LogP contribution in [0.4, 0.5) is 30.7 Å². The van der Waals surface area contributed by atoms with E-state index < -0.39 is 30.1 Å². The van der Waals surface area contributed by atoms with Crippen LogP contribution in [0.25, 0.3) is 90.6 Å². The average molecular weight is 1980 g/mol. The van der Waals surface area contributed by atoms with Crippen LogP contribution in [-0.2, 0) is 114 Å². The molecule has 0 fully saturated rings. The number of aromatic nitrogens is 5. The first-order valence-corrected chi connectivity index (χ1v) is 44.9. The molecule has 141 heavy (non-hydrogen) atoms. The quantitative estimate of drug-likeness (QED) is 0.00685. The molecule has 0 atom stereocenters. The lowest BCUT2D eigenvalue weighted by Crippen LogP contribution is -2.17. The highest BCUT2D eigenvalue weighted by atomic mass is 32.2. The molecule has 0 unspecified atom stereocenters. The van der Waals surface area contributed by atoms with Crippen LogP contribution in [0, 0.1) is 12.9 Å². The van der Waals surface area contributed by atoms with Crippen molar-refractivity contribution in [3.05, 3.63) is 331 Å². The van der Waals surface area contributed by atoms with Gasteiger partial charge in [0.1, 0.15) is 154 Å². The first kappa shape index (κ1) is 109. The number of carbonyl (C=O) groups is 8. The number of nitrogens with zero attached hydrogens (tertiary/aromatic N) is 5. The third-order valence-electron chi connectivity index (χ3n) is 19.0. The van der Waals surface area contributed by atoms with Crippen LogP contribution in [0.15, 0.2) is 313 Å². The first-order chi connectivity index (χ1) is 68.4. The Balaban J connectivity index is 0.000000180. The molecule has 0 aliphatic rings. The molecule has 13 heterocycles. The van der Waals surface area contributed by atoms with E-state index in [2.05, 4.69) is 45.0 Å². The number of hydrogen-bond donors (Lipinski definition) is 2. The molecular formula is C104H95F7N6O22S2. The van der Waals surface area contributed by atoms with Gasteiger partial charge in [-0.3, -0.25) is 15.0 Å². The number of nitrogens with one attached hydrogen (secondary N) is 1. The number of aromatic hydroxyl groups is 1. The Bertz CT molecular complexity index is 6140. The van der Waals surface area contributed by atoms with Crippen LogP contribution in [0.5, 0.6) is 11.6 Å². The highest BCUT2D eigenvalue weighted by molar-refractivity contribution is 7.94. The molecule has 28 nitrogen and oxygen atoms in total. The molecule has 0 aliphatic carbocycles. The summed E-state index contributed by atoms with van der Waals surface area (Å²) in [4.78, 5) is 112. The zero-order valence-corrected chi connectivity index (χ0v) is 77.7. The fourth-order valence-electron chi connectivity index (χ4n) is 12.1. The molecule has 3 aromatic carbocycles. The number of hydroxylamine groups is 1. The minimum absolute atomic E-state index is 0.233. The van der Waals surface area contributed by atoms with Crippen LogP contribution >= 0.6 is 24.1 Å². The van der Waals surface area contributed by atoms with E-state index in [0.29, 0.717) is 143 Å². The molecule has 734 valence electrons. The fraction of sp³-hybridized carbons (Fsp3) is 0.202. The molecule has 13 aromatic heterocycles. The predicted octanol–water partition coefficient (Wildman–Crippen LogP) is 24.3. The van der Waals surface area contributed by atoms with E-state index in [4.69, 9.17) is 49.1 Å². The van der Waals surface area contributed by atoms with Crippen LogP contribution < -0.4 is 10.2 Å². The van der Waals surface area contributed by atoms with Gasteiger partial charge in [0.25, 0.3) is 0 Å². The van der Waals surface area contributed by atoms with E-state index in [1.54, 1.807) is 86.3 Å². The fourth-order valence-corrected chi connectivity index (χ4v) is 13.0. The summed E-state index contributed by atoms with van der Waals surface area (Å²) in [7, 11) is 3.08. The third-order valence-corrected chi connectivity index (χ3v) is 20.2. The zero-order valence-electron chi connectivity index (χ0n) is 76.1. The lowest BCUT2D eigenvalue weighted by molar-refractivity contribution is -0.276. The molecule has 0 saturated carbocycles. The van der Waals surface area contributed by atoms with Gasteiger partial charge in [-0.1, -0.05) is 24.3 Å². The topological polar surface area (TPSA) is 385 Å². The Morgan fingerprint density at radius 2 is 0.638 bits per heavy atom. The monoisotopic (exact) mass is 1980 g/mol. The Labute approximate surface area is 812 Å².